The summed E-state index contributed by atoms with van der Waals surface area (Å²) in [6.45, 7) is 7.34. The van der Waals surface area contributed by atoms with E-state index in [-0.39, 0.29) is 46.4 Å². The van der Waals surface area contributed by atoms with E-state index >= 15 is 0 Å². The third kappa shape index (κ3) is 12.2. The quantitative estimate of drug-likeness (QED) is 0.454. The van der Waals surface area contributed by atoms with Crippen LogP contribution in [0.15, 0.2) is 58.3 Å². The molecule has 0 aliphatic carbocycles. The molecule has 2 N–H and O–H groups in total. The Balaban J connectivity index is 1.52. The highest BCUT2D eigenvalue weighted by Crippen LogP contribution is 2.12. The summed E-state index contributed by atoms with van der Waals surface area (Å²) in [5, 5.41) is 0.0995. The van der Waals surface area contributed by atoms with Crippen LogP contribution < -0.4 is 9.44 Å². The van der Waals surface area contributed by atoms with Crippen LogP contribution >= 0.6 is 24.4 Å². The second kappa shape index (κ2) is 17.9. The SMILES string of the molecule is Cc1ccc(S(=O)(=O)NC(=S)N2CCOCCOCCN(C(=S)NS(=O)(=O)c3ccc(C)cc3)CCOCCOCC2)cc1. The molecule has 0 aromatic heterocycles. The van der Waals surface area contributed by atoms with Crippen molar-refractivity contribution in [3.8, 4) is 0 Å². The summed E-state index contributed by atoms with van der Waals surface area (Å²) in [5.74, 6) is 0. The average molecular weight is 689 g/mol. The molecule has 1 aliphatic rings. The highest BCUT2D eigenvalue weighted by molar-refractivity contribution is 7.92. The minimum absolute atomic E-state index is 0.0498. The molecule has 12 nitrogen and oxygen atoms in total. The fraction of sp³-hybridized carbons (Fsp3) is 0.500. The minimum Gasteiger partial charge on any atom is -0.377 e. The van der Waals surface area contributed by atoms with Gasteiger partial charge < -0.3 is 28.7 Å². The van der Waals surface area contributed by atoms with Gasteiger partial charge in [-0.1, -0.05) is 35.4 Å². The highest BCUT2D eigenvalue weighted by atomic mass is 32.2. The Bertz CT molecular complexity index is 1290. The van der Waals surface area contributed by atoms with E-state index in [0.29, 0.717) is 52.6 Å². The van der Waals surface area contributed by atoms with Gasteiger partial charge in [0.1, 0.15) is 0 Å². The molecule has 0 atom stereocenters. The van der Waals surface area contributed by atoms with Gasteiger partial charge in [0.15, 0.2) is 10.2 Å². The summed E-state index contributed by atoms with van der Waals surface area (Å²) < 4.78 is 79.0. The number of benzene rings is 2. The van der Waals surface area contributed by atoms with Gasteiger partial charge in [-0.25, -0.2) is 16.8 Å². The van der Waals surface area contributed by atoms with Crippen LogP contribution in [-0.2, 0) is 39.0 Å². The minimum atomic E-state index is -3.85. The van der Waals surface area contributed by atoms with Gasteiger partial charge in [-0.3, -0.25) is 9.44 Å². The number of thiocarbonyl (C=S) groups is 2. The molecule has 1 aliphatic heterocycles. The van der Waals surface area contributed by atoms with Crippen LogP contribution in [0.1, 0.15) is 11.1 Å². The summed E-state index contributed by atoms with van der Waals surface area (Å²) in [7, 11) is -7.69. The number of nitrogens with zero attached hydrogens (tertiary/aromatic N) is 2. The van der Waals surface area contributed by atoms with Gasteiger partial charge in [0.25, 0.3) is 20.0 Å². The number of aryl methyl sites for hydroxylation is 2. The number of ether oxygens (including phenoxy) is 4. The molecular formula is C28H40N4O8S4. The van der Waals surface area contributed by atoms with Gasteiger partial charge in [0.2, 0.25) is 0 Å². The maximum atomic E-state index is 12.8. The van der Waals surface area contributed by atoms with Crippen molar-refractivity contribution < 1.29 is 35.8 Å². The molecule has 0 bridgehead atoms. The summed E-state index contributed by atoms with van der Waals surface area (Å²) >= 11 is 10.9. The van der Waals surface area contributed by atoms with E-state index in [1.54, 1.807) is 34.1 Å². The first-order chi connectivity index (χ1) is 21.0. The van der Waals surface area contributed by atoms with Crippen molar-refractivity contribution in [1.82, 2.24) is 19.2 Å². The predicted octanol–water partition coefficient (Wildman–Crippen LogP) is 1.81. The smallest absolute Gasteiger partial charge is 0.263 e. The van der Waals surface area contributed by atoms with Crippen molar-refractivity contribution in [2.24, 2.45) is 0 Å². The lowest BCUT2D eigenvalue weighted by Gasteiger charge is -2.26. The molecule has 0 saturated carbocycles. The van der Waals surface area contributed by atoms with Gasteiger partial charge in [-0.05, 0) is 62.5 Å². The van der Waals surface area contributed by atoms with Gasteiger partial charge in [-0.2, -0.15) is 0 Å². The molecule has 0 spiro atoms. The van der Waals surface area contributed by atoms with Crippen LogP contribution in [0.25, 0.3) is 0 Å². The summed E-state index contributed by atoms with van der Waals surface area (Å²) in [6.07, 6.45) is 0. The van der Waals surface area contributed by atoms with Crippen LogP contribution in [-0.4, -0.2) is 116 Å². The largest absolute Gasteiger partial charge is 0.377 e. The zero-order chi connectivity index (χ0) is 32.0. The lowest BCUT2D eigenvalue weighted by Crippen LogP contribution is -2.46. The van der Waals surface area contributed by atoms with E-state index in [1.165, 1.54) is 24.3 Å². The highest BCUT2D eigenvalue weighted by Gasteiger charge is 2.21. The van der Waals surface area contributed by atoms with E-state index in [4.69, 9.17) is 43.4 Å². The summed E-state index contributed by atoms with van der Waals surface area (Å²) in [4.78, 5) is 3.61. The molecule has 1 fully saturated rings. The Morgan fingerprint density at radius 2 is 0.818 bits per heavy atom. The Labute approximate surface area is 271 Å². The molecule has 244 valence electrons. The monoisotopic (exact) mass is 688 g/mol. The first-order valence-corrected chi connectivity index (χ1v) is 17.8. The number of rotatable bonds is 4. The standard InChI is InChI=1S/C28H40N4O8S4/c1-23-3-7-25(8-4-23)43(33,34)29-27(41)31-11-15-37-19-21-39-17-13-32(14-18-40-22-20-38-16-12-31)28(42)30-44(35,36)26-9-5-24(2)6-10-26/h3-10H,11-22H2,1-2H3,(H,29,41)(H,30,42). The van der Waals surface area contributed by atoms with Crippen molar-refractivity contribution >= 4 is 54.7 Å². The summed E-state index contributed by atoms with van der Waals surface area (Å²) in [6, 6.07) is 13.0. The van der Waals surface area contributed by atoms with Crippen molar-refractivity contribution in [2.75, 3.05) is 79.0 Å². The number of hydrogen-bond acceptors (Lipinski definition) is 10. The maximum Gasteiger partial charge on any atom is 0.263 e. The van der Waals surface area contributed by atoms with E-state index in [1.807, 2.05) is 13.8 Å². The topological polar surface area (TPSA) is 136 Å². The molecule has 0 unspecified atom stereocenters. The number of sulfonamides is 2. The Morgan fingerprint density at radius 3 is 1.09 bits per heavy atom. The van der Waals surface area contributed by atoms with E-state index in [0.717, 1.165) is 11.1 Å². The third-order valence-corrected chi connectivity index (χ3v) is 10.1. The fourth-order valence-electron chi connectivity index (χ4n) is 3.88. The van der Waals surface area contributed by atoms with Crippen molar-refractivity contribution in [3.63, 3.8) is 0 Å². The maximum absolute atomic E-state index is 12.8. The molecule has 2 aromatic carbocycles. The zero-order valence-corrected chi connectivity index (χ0v) is 28.2. The fourth-order valence-corrected chi connectivity index (χ4v) is 6.85. The normalized spacial score (nSPS) is 17.2. The Kier molecular flexibility index (Phi) is 14.7. The van der Waals surface area contributed by atoms with Crippen LogP contribution in [0.2, 0.25) is 0 Å². The molecule has 0 amide bonds. The number of hydrogen-bond donors (Lipinski definition) is 2. The van der Waals surface area contributed by atoms with E-state index in [2.05, 4.69) is 9.44 Å². The third-order valence-electron chi connectivity index (χ3n) is 6.45. The second-order valence-corrected chi connectivity index (χ2v) is 14.0. The Morgan fingerprint density at radius 1 is 0.545 bits per heavy atom. The molecule has 3 rings (SSSR count). The number of nitrogens with one attached hydrogen (secondary N) is 2. The van der Waals surface area contributed by atoms with Crippen LogP contribution in [0.3, 0.4) is 0 Å². The van der Waals surface area contributed by atoms with Gasteiger partial charge in [0.05, 0.1) is 62.6 Å². The first kappa shape index (κ1) is 36.0. The molecule has 1 heterocycles. The predicted molar refractivity (Wildman–Crippen MR) is 175 cm³/mol. The zero-order valence-electron chi connectivity index (χ0n) is 24.9. The molecule has 2 aromatic rings. The van der Waals surface area contributed by atoms with Gasteiger partial charge in [-0.15, -0.1) is 0 Å². The molecule has 1 saturated heterocycles. The molecule has 16 heteroatoms. The van der Waals surface area contributed by atoms with Gasteiger partial charge in [0, 0.05) is 26.2 Å². The van der Waals surface area contributed by atoms with Crippen molar-refractivity contribution in [2.45, 2.75) is 23.6 Å². The van der Waals surface area contributed by atoms with Crippen LogP contribution in [0.4, 0.5) is 0 Å². The molecule has 44 heavy (non-hydrogen) atoms. The average Bonchev–Trinajstić information content (AvgIpc) is 2.97. The Hall–Kier alpha value is -2.44. The van der Waals surface area contributed by atoms with Crippen LogP contribution in [0.5, 0.6) is 0 Å². The lowest BCUT2D eigenvalue weighted by atomic mass is 10.2. The molecular weight excluding hydrogens is 649 g/mol. The van der Waals surface area contributed by atoms with Crippen LogP contribution in [0, 0.1) is 13.8 Å². The van der Waals surface area contributed by atoms with E-state index in [9.17, 15) is 16.8 Å². The van der Waals surface area contributed by atoms with E-state index < -0.39 is 20.0 Å². The summed E-state index contributed by atoms with van der Waals surface area (Å²) in [5.41, 5.74) is 1.90. The van der Waals surface area contributed by atoms with Crippen molar-refractivity contribution in [1.29, 1.82) is 0 Å². The van der Waals surface area contributed by atoms with Crippen molar-refractivity contribution in [3.05, 3.63) is 59.7 Å². The second-order valence-electron chi connectivity index (χ2n) is 9.87. The first-order valence-electron chi connectivity index (χ1n) is 14.1. The lowest BCUT2D eigenvalue weighted by molar-refractivity contribution is 0.0216. The molecule has 0 radical (unpaired) electrons. The van der Waals surface area contributed by atoms with Gasteiger partial charge >= 0.3 is 0 Å².